The molecule has 0 radical (unpaired) electrons. The van der Waals surface area contributed by atoms with Crippen molar-refractivity contribution in [2.45, 2.75) is 285 Å². The molecule has 1 aliphatic rings. The second-order valence-corrected chi connectivity index (χ2v) is 88.7. The lowest BCUT2D eigenvalue weighted by Crippen LogP contribution is -2.61. The third-order valence-electron chi connectivity index (χ3n) is 11.8. The first kappa shape index (κ1) is 99.6. The molecule has 5 unspecified atom stereocenters. The van der Waals surface area contributed by atoms with Gasteiger partial charge in [0.1, 0.15) is 6.29 Å². The molecule has 16 nitrogen and oxygen atoms in total. The van der Waals surface area contributed by atoms with Crippen molar-refractivity contribution in [3.63, 3.8) is 0 Å². The van der Waals surface area contributed by atoms with Gasteiger partial charge >= 0.3 is 85.9 Å². The van der Waals surface area contributed by atoms with Gasteiger partial charge in [0, 0.05) is 59.2 Å². The Kier molecular flexibility index (Phi) is 52.2. The highest BCUT2D eigenvalue weighted by molar-refractivity contribution is 7.80. The minimum absolute atomic E-state index is 0.141. The monoisotopic (exact) mass is 1610 g/mol. The fourth-order valence-electron chi connectivity index (χ4n) is 10.2. The van der Waals surface area contributed by atoms with Gasteiger partial charge in [-0.2, -0.15) is 50.5 Å². The van der Waals surface area contributed by atoms with Crippen LogP contribution in [0.1, 0.15) is 58.8 Å². The largest absolute Gasteiger partial charge is 0.481 e. The van der Waals surface area contributed by atoms with Crippen LogP contribution in [0, 0.1) is 0 Å². The molecule has 1 heterocycles. The SMILES string of the molecule is CCC[SiH2]CO[Si](C)(CCCS)O[Si](C)(C)O[Si](C)(C)OC(C)OC.CO[Si](C)(CCCS)O[Si](C)(C)O[Si](C)(C)O[Si](C)(C)C.CO[Si](CCCS)(O[Si](C)(C)C)O[Si](C)(C)O[Si](C)(C)O[Si](C)(C)C.C[SiH2]C.C[Si](C)(C)O[Si]1(CCCS)CCCCO1. The van der Waals surface area contributed by atoms with Crippen molar-refractivity contribution in [2.75, 3.05) is 57.2 Å². The van der Waals surface area contributed by atoms with Gasteiger partial charge in [0.05, 0.1) is 0 Å². The first-order valence-electron chi connectivity index (χ1n) is 33.1. The zero-order valence-electron chi connectivity index (χ0n) is 63.7. The average Bonchev–Trinajstić information content (AvgIpc) is 3.46. The highest BCUT2D eigenvalue weighted by atomic mass is 32.1. The average molecular weight is 1620 g/mol. The van der Waals surface area contributed by atoms with Crippen molar-refractivity contribution < 1.29 is 68.0 Å². The molecule has 1 aliphatic heterocycles. The van der Waals surface area contributed by atoms with Crippen molar-refractivity contribution >= 4 is 189 Å². The second-order valence-electron chi connectivity index (χ2n) is 29.9. The lowest BCUT2D eigenvalue weighted by atomic mass is 10.4. The predicted octanol–water partition coefficient (Wildman–Crippen LogP) is 16.8. The Morgan fingerprint density at radius 1 is 0.461 bits per heavy atom. The van der Waals surface area contributed by atoms with Crippen LogP contribution in [-0.2, 0) is 68.0 Å². The Morgan fingerprint density at radius 2 is 0.854 bits per heavy atom. The van der Waals surface area contributed by atoms with E-state index >= 15 is 0 Å². The molecule has 0 aromatic heterocycles. The summed E-state index contributed by atoms with van der Waals surface area (Å²) in [7, 11) is -24.1. The van der Waals surface area contributed by atoms with Crippen LogP contribution in [0.3, 0.4) is 0 Å². The molecule has 0 saturated carbocycles. The summed E-state index contributed by atoms with van der Waals surface area (Å²) < 4.78 is 99.5. The van der Waals surface area contributed by atoms with E-state index in [1.54, 1.807) is 21.3 Å². The summed E-state index contributed by atoms with van der Waals surface area (Å²) in [6.07, 6.45) is 8.48. The number of ether oxygens (including phenoxy) is 1. The Balaban J connectivity index is -0.000000540. The number of hydrogen-bond acceptors (Lipinski definition) is 20. The van der Waals surface area contributed by atoms with Crippen LogP contribution in [0.4, 0.5) is 0 Å². The maximum Gasteiger partial charge on any atom is 0.481 e. The zero-order valence-corrected chi connectivity index (χ0v) is 84.2. The molecule has 0 aliphatic carbocycles. The topological polar surface area (TPSA) is 148 Å². The van der Waals surface area contributed by atoms with Crippen LogP contribution >= 0.6 is 50.5 Å². The number of thiol groups is 4. The molecule has 0 N–H and O–H groups in total. The van der Waals surface area contributed by atoms with Crippen LogP contribution in [-0.4, -0.2) is 202 Å². The van der Waals surface area contributed by atoms with Crippen LogP contribution in [0.5, 0.6) is 0 Å². The van der Waals surface area contributed by atoms with Gasteiger partial charge in [-0.05, 0) is 263 Å². The maximum atomic E-state index is 6.59. The van der Waals surface area contributed by atoms with E-state index in [-0.39, 0.29) is 15.8 Å². The van der Waals surface area contributed by atoms with Gasteiger partial charge in [-0.25, -0.2) is 0 Å². The molecule has 0 aromatic rings. The number of hydrogen-bond donors (Lipinski definition) is 4. The second kappa shape index (κ2) is 46.7. The number of rotatable bonds is 42. The molecule has 1 saturated heterocycles. The Bertz CT molecular complexity index is 1790. The molecule has 542 valence electrons. The number of methoxy groups -OCH3 is 1. The highest BCUT2D eigenvalue weighted by Crippen LogP contribution is 2.33. The van der Waals surface area contributed by atoms with Crippen molar-refractivity contribution in [3.05, 3.63) is 0 Å². The van der Waals surface area contributed by atoms with E-state index in [9.17, 15) is 0 Å². The van der Waals surface area contributed by atoms with E-state index in [1.165, 1.54) is 31.4 Å². The first-order chi connectivity index (χ1) is 40.1. The van der Waals surface area contributed by atoms with Crippen molar-refractivity contribution in [1.29, 1.82) is 0 Å². The molecular weight excluding hydrogens is 1470 g/mol. The van der Waals surface area contributed by atoms with E-state index in [4.69, 9.17) is 68.0 Å². The van der Waals surface area contributed by atoms with Crippen molar-refractivity contribution in [2.24, 2.45) is 0 Å². The minimum atomic E-state index is -2.79. The third-order valence-corrected chi connectivity index (χ3v) is 63.7. The summed E-state index contributed by atoms with van der Waals surface area (Å²) in [5.74, 6) is 3.46. The van der Waals surface area contributed by atoms with E-state index in [1.807, 2.05) is 20.0 Å². The van der Waals surface area contributed by atoms with Gasteiger partial charge in [-0.1, -0.05) is 32.5 Å². The zero-order chi connectivity index (χ0) is 70.7. The van der Waals surface area contributed by atoms with Gasteiger partial charge in [0.15, 0.2) is 33.3 Å². The molecule has 5 atom stereocenters. The minimum Gasteiger partial charge on any atom is -0.437 e. The molecule has 0 aromatic carbocycles. The van der Waals surface area contributed by atoms with Gasteiger partial charge in [0.2, 0.25) is 0 Å². The van der Waals surface area contributed by atoms with E-state index in [0.717, 1.165) is 85.7 Å². The molecular formula is C53H146O16S4Si16. The predicted molar refractivity (Wildman–Crippen MR) is 438 cm³/mol. The lowest BCUT2D eigenvalue weighted by molar-refractivity contribution is -0.0555. The summed E-state index contributed by atoms with van der Waals surface area (Å²) in [6, 6.07) is 6.36. The van der Waals surface area contributed by atoms with Crippen LogP contribution in [0.2, 0.25) is 220 Å². The van der Waals surface area contributed by atoms with E-state index in [2.05, 4.69) is 228 Å². The fourth-order valence-corrected chi connectivity index (χ4v) is 74.1. The van der Waals surface area contributed by atoms with Crippen LogP contribution in [0.15, 0.2) is 0 Å². The third kappa shape index (κ3) is 57.5. The molecule has 89 heavy (non-hydrogen) atoms. The molecule has 0 bridgehead atoms. The lowest BCUT2D eigenvalue weighted by Gasteiger charge is -2.42. The Hall–Kier alpha value is 4.23. The Morgan fingerprint density at radius 3 is 1.21 bits per heavy atom. The smallest absolute Gasteiger partial charge is 0.437 e. The summed E-state index contributed by atoms with van der Waals surface area (Å²) >= 11 is 17.3. The van der Waals surface area contributed by atoms with Crippen LogP contribution in [0.25, 0.3) is 0 Å². The van der Waals surface area contributed by atoms with Gasteiger partial charge in [-0.3, -0.25) is 0 Å². The van der Waals surface area contributed by atoms with Crippen LogP contribution < -0.4 is 0 Å². The van der Waals surface area contributed by atoms with E-state index < -0.39 is 119 Å². The summed E-state index contributed by atoms with van der Waals surface area (Å²) in [6.45, 7) is 65.4. The molecule has 0 amide bonds. The molecule has 36 heteroatoms. The van der Waals surface area contributed by atoms with Gasteiger partial charge in [0.25, 0.3) is 0 Å². The van der Waals surface area contributed by atoms with Crippen molar-refractivity contribution in [3.8, 4) is 0 Å². The standard InChI is InChI=1S/C15H40O5SSi4.C14H40O5SSi5.C12H34O4SSi4.C10H24O2SSi2.C2H8Si/c1-9-12-22-14-17-25(8,13-10-11-21)20-24(6,7)19-23(4,5)18-15(2)16-3;1-15-25(14-12-13-20,17-22(5,6)7)19-24(10,11)18-23(8,9)16-21(2,3)4;1-13-21(9,12-10-11-17)16-20(7,8)15-19(5,6)14-18(2,3)4;1-14(2,3)12-15(10-6-8-13)9-5-4-7-11-15;1-3-2/h15,21H,9-14,22H2,1-8H3;20H,12-14H2,1-11H3;17H,10-12H2,1-9H3;13H,4-10H2,1-3H3;3H2,1-2H3. The van der Waals surface area contributed by atoms with Gasteiger partial charge in [-0.15, -0.1) is 0 Å². The molecule has 1 rings (SSSR count). The van der Waals surface area contributed by atoms with E-state index in [0.29, 0.717) is 9.52 Å². The Labute approximate surface area is 593 Å². The summed E-state index contributed by atoms with van der Waals surface area (Å²) in [5.41, 5.74) is 0. The first-order valence-corrected chi connectivity index (χ1v) is 80.2. The van der Waals surface area contributed by atoms with Gasteiger partial charge < -0.3 is 68.0 Å². The summed E-state index contributed by atoms with van der Waals surface area (Å²) in [4.78, 5) is 0. The maximum absolute atomic E-state index is 6.59. The molecule has 0 spiro atoms. The highest BCUT2D eigenvalue weighted by Gasteiger charge is 2.52. The quantitative estimate of drug-likeness (QED) is 0.0199. The van der Waals surface area contributed by atoms with Crippen molar-refractivity contribution in [1.82, 2.24) is 0 Å². The molecule has 1 fully saturated rings. The summed E-state index contributed by atoms with van der Waals surface area (Å²) in [5, 5.41) is 0. The fraction of sp³-hybridized carbons (Fsp3) is 1.00. The normalized spacial score (nSPS) is 18.4.